The van der Waals surface area contributed by atoms with Crippen LogP contribution in [0, 0.1) is 0 Å². The molecule has 4 aromatic carbocycles. The van der Waals surface area contributed by atoms with Gasteiger partial charge in [0.05, 0.1) is 14.2 Å². The summed E-state index contributed by atoms with van der Waals surface area (Å²) in [6, 6.07) is 25.6. The first-order valence-corrected chi connectivity index (χ1v) is 13.1. The second-order valence-electron chi connectivity index (χ2n) is 6.76. The maximum Gasteiger partial charge on any atom is 0.673 e. The summed E-state index contributed by atoms with van der Waals surface area (Å²) in [4.78, 5) is 0. The van der Waals surface area contributed by atoms with E-state index in [1.54, 1.807) is 14.2 Å². The monoisotopic (exact) mass is 480 g/mol. The zero-order valence-electron chi connectivity index (χ0n) is 17.7. The second kappa shape index (κ2) is 10.5. The highest BCUT2D eigenvalue weighted by atomic mass is 32.7. The predicted octanol–water partition coefficient (Wildman–Crippen LogP) is 6.75. The molecule has 0 heterocycles. The Hall–Kier alpha value is -2.44. The molecule has 0 amide bonds. The van der Waals surface area contributed by atoms with Gasteiger partial charge in [-0.05, 0) is 22.9 Å². The van der Waals surface area contributed by atoms with Gasteiger partial charge in [-0.2, -0.15) is 0 Å². The van der Waals surface area contributed by atoms with Crippen LogP contribution in [0.1, 0.15) is 0 Å². The first-order chi connectivity index (χ1) is 15.3. The molecule has 0 radical (unpaired) electrons. The fraction of sp³-hybridized carbons (Fsp3) is 0.130. The van der Waals surface area contributed by atoms with Gasteiger partial charge in [0, 0.05) is 28.4 Å². The molecule has 0 spiro atoms. The number of ether oxygens (including phenoxy) is 2. The van der Waals surface area contributed by atoms with Crippen LogP contribution >= 0.6 is 18.5 Å². The Kier molecular flexibility index (Phi) is 7.91. The van der Waals surface area contributed by atoms with E-state index in [1.165, 1.54) is 32.2 Å². The molecule has 0 aliphatic carbocycles. The van der Waals surface area contributed by atoms with Gasteiger partial charge in [0.15, 0.2) is 22.1 Å². The number of hydrogen-bond donors (Lipinski definition) is 0. The molecule has 168 valence electrons. The van der Waals surface area contributed by atoms with Crippen LogP contribution in [0.25, 0.3) is 21.5 Å². The summed E-state index contributed by atoms with van der Waals surface area (Å²) in [5.41, 5.74) is 0. The molecule has 4 rings (SSSR count). The van der Waals surface area contributed by atoms with Gasteiger partial charge in [-0.3, -0.25) is 0 Å². The van der Waals surface area contributed by atoms with Crippen LogP contribution in [0.2, 0.25) is 0 Å². The van der Waals surface area contributed by atoms with Crippen LogP contribution in [0.4, 0.5) is 17.3 Å². The second-order valence-corrected chi connectivity index (χ2v) is 11.3. The van der Waals surface area contributed by atoms with E-state index in [0.717, 1.165) is 11.5 Å². The summed E-state index contributed by atoms with van der Waals surface area (Å²) in [6.45, 7) is 0. The largest absolute Gasteiger partial charge is 0.673 e. The average Bonchev–Trinajstić information content (AvgIpc) is 2.78. The molecule has 4 aromatic rings. The molecule has 0 aromatic heterocycles. The predicted molar refractivity (Wildman–Crippen MR) is 132 cm³/mol. The summed E-state index contributed by atoms with van der Waals surface area (Å²) in [7, 11) is -3.69. The van der Waals surface area contributed by atoms with E-state index in [1.807, 2.05) is 11.4 Å². The van der Waals surface area contributed by atoms with E-state index in [4.69, 9.17) is 9.47 Å². The number of benzene rings is 4. The van der Waals surface area contributed by atoms with Crippen molar-refractivity contribution in [3.05, 3.63) is 72.8 Å². The molecular formula is C23H22BF4O2PS. The maximum absolute atomic E-state index is 9.75. The summed E-state index contributed by atoms with van der Waals surface area (Å²) in [5, 5.41) is 7.59. The van der Waals surface area contributed by atoms with Crippen molar-refractivity contribution in [1.82, 2.24) is 0 Å². The van der Waals surface area contributed by atoms with E-state index in [-0.39, 0.29) is 0 Å². The van der Waals surface area contributed by atoms with Crippen molar-refractivity contribution < 1.29 is 26.7 Å². The molecule has 0 fully saturated rings. The Morgan fingerprint density at radius 3 is 1.38 bits per heavy atom. The molecule has 9 heteroatoms. The van der Waals surface area contributed by atoms with Gasteiger partial charge >= 0.3 is 7.25 Å². The van der Waals surface area contributed by atoms with Gasteiger partial charge in [-0.1, -0.05) is 60.7 Å². The summed E-state index contributed by atoms with van der Waals surface area (Å²) >= 11 is 1.91. The van der Waals surface area contributed by atoms with Crippen molar-refractivity contribution >= 4 is 57.9 Å². The number of fused-ring (bicyclic) bond motifs is 2. The van der Waals surface area contributed by atoms with E-state index < -0.39 is 14.4 Å². The molecule has 2 nitrogen and oxygen atoms in total. The highest BCUT2D eigenvalue weighted by molar-refractivity contribution is 8.60. The topological polar surface area (TPSA) is 18.5 Å². The van der Waals surface area contributed by atoms with Gasteiger partial charge < -0.3 is 26.7 Å². The maximum atomic E-state index is 9.75. The van der Waals surface area contributed by atoms with E-state index >= 15 is 0 Å². The quantitative estimate of drug-likeness (QED) is 0.179. The van der Waals surface area contributed by atoms with Crippen molar-refractivity contribution in [3.63, 3.8) is 0 Å². The average molecular weight is 480 g/mol. The number of methoxy groups -OCH3 is 2. The van der Waals surface area contributed by atoms with Crippen LogP contribution in [0.3, 0.4) is 0 Å². The van der Waals surface area contributed by atoms with E-state index in [0.29, 0.717) is 0 Å². The summed E-state index contributed by atoms with van der Waals surface area (Å²) in [6.07, 6.45) is 2.19. The molecule has 0 bridgehead atoms. The molecule has 0 atom stereocenters. The molecule has 0 saturated heterocycles. The van der Waals surface area contributed by atoms with Gasteiger partial charge in [-0.15, -0.1) is 0 Å². The Balaban J connectivity index is 0.000000523. The molecule has 32 heavy (non-hydrogen) atoms. The van der Waals surface area contributed by atoms with Crippen LogP contribution in [-0.4, -0.2) is 27.7 Å². The van der Waals surface area contributed by atoms with Crippen LogP contribution in [-0.2, 0) is 0 Å². The first kappa shape index (κ1) is 24.2. The minimum absolute atomic E-state index is 0.951. The molecule has 0 saturated carbocycles. The zero-order valence-corrected chi connectivity index (χ0v) is 19.6. The minimum Gasteiger partial charge on any atom is -0.493 e. The van der Waals surface area contributed by atoms with Crippen LogP contribution < -0.4 is 20.1 Å². The Labute approximate surface area is 189 Å². The third-order valence-electron chi connectivity index (χ3n) is 4.88. The van der Waals surface area contributed by atoms with Crippen molar-refractivity contribution in [2.45, 2.75) is 0 Å². The van der Waals surface area contributed by atoms with Crippen molar-refractivity contribution in [1.29, 1.82) is 0 Å². The van der Waals surface area contributed by atoms with Crippen LogP contribution in [0.15, 0.2) is 72.8 Å². The zero-order chi connectivity index (χ0) is 23.3. The van der Waals surface area contributed by atoms with Crippen molar-refractivity contribution in [3.8, 4) is 11.5 Å². The fourth-order valence-corrected chi connectivity index (χ4v) is 8.55. The smallest absolute Gasteiger partial charge is 0.493 e. The number of hydrogen-bond acceptors (Lipinski definition) is 3. The first-order valence-electron chi connectivity index (χ1n) is 9.69. The van der Waals surface area contributed by atoms with Gasteiger partial charge in [0.2, 0.25) is 0 Å². The lowest BCUT2D eigenvalue weighted by atomic mass is 10.1. The number of halogens is 4. The van der Waals surface area contributed by atoms with Gasteiger partial charge in [0.25, 0.3) is 0 Å². The Morgan fingerprint density at radius 1 is 0.656 bits per heavy atom. The van der Waals surface area contributed by atoms with Crippen molar-refractivity contribution in [2.24, 2.45) is 0 Å². The lowest BCUT2D eigenvalue weighted by Crippen LogP contribution is -2.16. The fourth-order valence-electron chi connectivity index (χ4n) is 3.64. The van der Waals surface area contributed by atoms with Crippen LogP contribution in [0.5, 0.6) is 11.5 Å². The lowest BCUT2D eigenvalue weighted by molar-refractivity contribution is 0.368. The SMILES string of the molecule is COc1ccc2ccccc2c1[PH+](SC)c1c(OC)ccc2ccccc12.F[B-](F)(F)F. The summed E-state index contributed by atoms with van der Waals surface area (Å²) < 4.78 is 50.6. The number of rotatable bonds is 5. The molecule has 0 aliphatic rings. The molecule has 0 unspecified atom stereocenters. The minimum atomic E-state index is -6.00. The normalized spacial score (nSPS) is 11.4. The molecular weight excluding hydrogens is 458 g/mol. The Morgan fingerprint density at radius 2 is 1.03 bits per heavy atom. The highest BCUT2D eigenvalue weighted by Gasteiger charge is 2.33. The third-order valence-corrected chi connectivity index (χ3v) is 9.68. The van der Waals surface area contributed by atoms with Gasteiger partial charge in [-0.25, -0.2) is 0 Å². The Bertz CT molecular complexity index is 1130. The van der Waals surface area contributed by atoms with E-state index in [2.05, 4.69) is 79.1 Å². The van der Waals surface area contributed by atoms with Crippen molar-refractivity contribution in [2.75, 3.05) is 20.5 Å². The van der Waals surface area contributed by atoms with E-state index in [9.17, 15) is 17.3 Å². The summed E-state index contributed by atoms with van der Waals surface area (Å²) in [5.74, 6) is 1.90. The lowest BCUT2D eigenvalue weighted by Gasteiger charge is -2.17. The standard InChI is InChI=1S/C23H21O2PS.BF4/c1-24-20-14-12-16-8-4-6-10-18(16)22(20)26(27-3)23-19-11-7-5-9-17(19)13-15-21(23)25-2;2-1(3,4)5/h4-15H,1-3H3;/q;-1/p+1. The third kappa shape index (κ3) is 5.48. The molecule has 0 N–H and O–H groups in total. The van der Waals surface area contributed by atoms with Gasteiger partial charge in [0.1, 0.15) is 7.12 Å². The molecule has 0 aliphatic heterocycles. The highest BCUT2D eigenvalue weighted by Crippen LogP contribution is 2.53.